The minimum atomic E-state index is -4.56. The van der Waals surface area contributed by atoms with Gasteiger partial charge in [-0.1, -0.05) is 11.6 Å². The van der Waals surface area contributed by atoms with Crippen LogP contribution in [0, 0.1) is 0 Å². The lowest BCUT2D eigenvalue weighted by Gasteiger charge is -2.19. The molecule has 0 aliphatic carbocycles. The molecule has 1 aromatic carbocycles. The van der Waals surface area contributed by atoms with Crippen molar-refractivity contribution >= 4 is 33.2 Å². The predicted molar refractivity (Wildman–Crippen MR) is 70.3 cm³/mol. The number of hydrogen-bond acceptors (Lipinski definition) is 3. The van der Waals surface area contributed by atoms with Crippen molar-refractivity contribution in [3.05, 3.63) is 28.8 Å². The van der Waals surface area contributed by atoms with Gasteiger partial charge in [0.1, 0.15) is 5.25 Å². The number of sulfonamides is 1. The zero-order chi connectivity index (χ0) is 16.0. The SMILES string of the molecule is NS(=O)(=O)C1CC(=O)N(c2ccc(C(F)(F)F)cc2Cl)C1. The largest absolute Gasteiger partial charge is 0.416 e. The lowest BCUT2D eigenvalue weighted by Crippen LogP contribution is -2.32. The highest BCUT2D eigenvalue weighted by molar-refractivity contribution is 7.89. The van der Waals surface area contributed by atoms with Gasteiger partial charge in [0.05, 0.1) is 16.3 Å². The standard InChI is InChI=1S/C11H10ClF3N2O3S/c12-8-3-6(11(13,14)15)1-2-9(8)17-5-7(4-10(17)18)21(16,19)20/h1-3,7H,4-5H2,(H2,16,19,20). The van der Waals surface area contributed by atoms with E-state index < -0.39 is 32.9 Å². The lowest BCUT2D eigenvalue weighted by atomic mass is 10.2. The first-order valence-corrected chi connectivity index (χ1v) is 7.67. The fourth-order valence-electron chi connectivity index (χ4n) is 2.03. The van der Waals surface area contributed by atoms with E-state index in [0.717, 1.165) is 17.0 Å². The van der Waals surface area contributed by atoms with Crippen LogP contribution in [0.3, 0.4) is 0 Å². The Morgan fingerprint density at radius 3 is 2.38 bits per heavy atom. The van der Waals surface area contributed by atoms with Crippen LogP contribution in [-0.4, -0.2) is 26.1 Å². The Labute approximate surface area is 123 Å². The summed E-state index contributed by atoms with van der Waals surface area (Å²) in [6.07, 6.45) is -4.88. The molecular weight excluding hydrogens is 333 g/mol. The van der Waals surface area contributed by atoms with E-state index in [1.165, 1.54) is 0 Å². The molecule has 1 aliphatic rings. The highest BCUT2D eigenvalue weighted by Gasteiger charge is 2.38. The minimum Gasteiger partial charge on any atom is -0.310 e. The molecule has 1 amide bonds. The number of benzene rings is 1. The highest BCUT2D eigenvalue weighted by Crippen LogP contribution is 2.36. The van der Waals surface area contributed by atoms with E-state index in [2.05, 4.69) is 0 Å². The number of halogens is 4. The van der Waals surface area contributed by atoms with Gasteiger partial charge in [0.2, 0.25) is 15.9 Å². The third-order valence-corrected chi connectivity index (χ3v) is 4.67. The first kappa shape index (κ1) is 16.1. The smallest absolute Gasteiger partial charge is 0.310 e. The second-order valence-corrected chi connectivity index (χ2v) is 6.84. The van der Waals surface area contributed by atoms with Crippen molar-refractivity contribution in [3.8, 4) is 0 Å². The van der Waals surface area contributed by atoms with Gasteiger partial charge in [-0.05, 0) is 18.2 Å². The van der Waals surface area contributed by atoms with E-state index in [9.17, 15) is 26.4 Å². The van der Waals surface area contributed by atoms with Crippen molar-refractivity contribution in [1.82, 2.24) is 0 Å². The number of carbonyl (C=O) groups excluding carboxylic acids is 1. The van der Waals surface area contributed by atoms with E-state index >= 15 is 0 Å². The molecule has 5 nitrogen and oxygen atoms in total. The molecule has 1 heterocycles. The Morgan fingerprint density at radius 2 is 1.95 bits per heavy atom. The molecule has 1 aromatic rings. The van der Waals surface area contributed by atoms with E-state index in [1.807, 2.05) is 0 Å². The molecule has 0 radical (unpaired) electrons. The number of primary sulfonamides is 1. The molecule has 1 atom stereocenters. The summed E-state index contributed by atoms with van der Waals surface area (Å²) in [5.41, 5.74) is -0.924. The number of anilines is 1. The summed E-state index contributed by atoms with van der Waals surface area (Å²) in [5.74, 6) is -0.560. The number of hydrogen-bond donors (Lipinski definition) is 1. The van der Waals surface area contributed by atoms with E-state index in [4.69, 9.17) is 16.7 Å². The number of amides is 1. The van der Waals surface area contributed by atoms with Gasteiger partial charge in [0.25, 0.3) is 0 Å². The molecule has 1 unspecified atom stereocenters. The number of rotatable bonds is 2. The predicted octanol–water partition coefficient (Wildman–Crippen LogP) is 1.75. The van der Waals surface area contributed by atoms with E-state index in [1.54, 1.807) is 0 Å². The summed E-state index contributed by atoms with van der Waals surface area (Å²) in [6.45, 7) is -0.233. The Hall–Kier alpha value is -1.32. The fourth-order valence-corrected chi connectivity index (χ4v) is 3.04. The molecule has 2 N–H and O–H groups in total. The van der Waals surface area contributed by atoms with Crippen LogP contribution in [-0.2, 0) is 21.0 Å². The van der Waals surface area contributed by atoms with Crippen LogP contribution in [0.5, 0.6) is 0 Å². The first-order valence-electron chi connectivity index (χ1n) is 5.69. The van der Waals surface area contributed by atoms with Crippen LogP contribution < -0.4 is 10.0 Å². The molecule has 21 heavy (non-hydrogen) atoms. The van der Waals surface area contributed by atoms with Gasteiger partial charge in [-0.25, -0.2) is 13.6 Å². The second-order valence-electron chi connectivity index (χ2n) is 4.58. The Balaban J connectivity index is 2.34. The topological polar surface area (TPSA) is 80.5 Å². The maximum absolute atomic E-state index is 12.5. The molecule has 0 spiro atoms. The van der Waals surface area contributed by atoms with Gasteiger partial charge < -0.3 is 4.90 Å². The zero-order valence-electron chi connectivity index (χ0n) is 10.4. The average molecular weight is 343 g/mol. The van der Waals surface area contributed by atoms with Crippen molar-refractivity contribution < 1.29 is 26.4 Å². The van der Waals surface area contributed by atoms with Gasteiger partial charge in [-0.15, -0.1) is 0 Å². The monoisotopic (exact) mass is 342 g/mol. The van der Waals surface area contributed by atoms with Gasteiger partial charge in [-0.2, -0.15) is 13.2 Å². The molecule has 1 fully saturated rings. The first-order chi connectivity index (χ1) is 9.50. The van der Waals surface area contributed by atoms with Crippen molar-refractivity contribution in [2.45, 2.75) is 17.8 Å². The minimum absolute atomic E-state index is 0.0285. The quantitative estimate of drug-likeness (QED) is 0.889. The lowest BCUT2D eigenvalue weighted by molar-refractivity contribution is -0.137. The summed E-state index contributed by atoms with van der Waals surface area (Å²) < 4.78 is 60.1. The Bertz CT molecular complexity index is 690. The molecule has 1 aliphatic heterocycles. The summed E-state index contributed by atoms with van der Waals surface area (Å²) in [7, 11) is -3.91. The molecule has 116 valence electrons. The van der Waals surface area contributed by atoms with Crippen LogP contribution in [0.1, 0.15) is 12.0 Å². The van der Waals surface area contributed by atoms with Crippen molar-refractivity contribution in [3.63, 3.8) is 0 Å². The summed E-state index contributed by atoms with van der Waals surface area (Å²) in [6, 6.07) is 2.50. The molecule has 10 heteroatoms. The molecule has 0 bridgehead atoms. The third kappa shape index (κ3) is 3.30. The molecule has 1 saturated heterocycles. The number of nitrogens with zero attached hydrogens (tertiary/aromatic N) is 1. The molecule has 2 rings (SSSR count). The fraction of sp³-hybridized carbons (Fsp3) is 0.364. The third-order valence-electron chi connectivity index (χ3n) is 3.12. The Kier molecular flexibility index (Phi) is 3.94. The van der Waals surface area contributed by atoms with Crippen LogP contribution in [0.25, 0.3) is 0 Å². The van der Waals surface area contributed by atoms with Crippen LogP contribution in [0.15, 0.2) is 18.2 Å². The normalized spacial score (nSPS) is 20.1. The number of alkyl halides is 3. The Morgan fingerprint density at radius 1 is 1.33 bits per heavy atom. The maximum atomic E-state index is 12.5. The molecule has 0 saturated carbocycles. The van der Waals surface area contributed by atoms with Crippen LogP contribution in [0.4, 0.5) is 18.9 Å². The van der Waals surface area contributed by atoms with Gasteiger partial charge >= 0.3 is 6.18 Å². The van der Waals surface area contributed by atoms with Crippen LogP contribution >= 0.6 is 11.6 Å². The van der Waals surface area contributed by atoms with E-state index in [0.29, 0.717) is 6.07 Å². The van der Waals surface area contributed by atoms with Crippen molar-refractivity contribution in [2.75, 3.05) is 11.4 Å². The zero-order valence-corrected chi connectivity index (χ0v) is 12.0. The van der Waals surface area contributed by atoms with Gasteiger partial charge in [-0.3, -0.25) is 4.79 Å². The van der Waals surface area contributed by atoms with Gasteiger partial charge in [0.15, 0.2) is 0 Å². The van der Waals surface area contributed by atoms with Crippen molar-refractivity contribution in [1.29, 1.82) is 0 Å². The van der Waals surface area contributed by atoms with Crippen molar-refractivity contribution in [2.24, 2.45) is 5.14 Å². The van der Waals surface area contributed by atoms with E-state index in [-0.39, 0.29) is 23.7 Å². The van der Waals surface area contributed by atoms with Crippen LogP contribution in [0.2, 0.25) is 5.02 Å². The molecular formula is C11H10ClF3N2O3S. The summed E-state index contributed by atoms with van der Waals surface area (Å²) in [4.78, 5) is 12.8. The van der Waals surface area contributed by atoms with Gasteiger partial charge in [0, 0.05) is 13.0 Å². The maximum Gasteiger partial charge on any atom is 0.416 e. The second kappa shape index (κ2) is 5.15. The number of nitrogens with two attached hydrogens (primary N) is 1. The number of carbonyl (C=O) groups is 1. The molecule has 0 aromatic heterocycles. The summed E-state index contributed by atoms with van der Waals surface area (Å²) >= 11 is 5.77. The average Bonchev–Trinajstić information content (AvgIpc) is 2.70. The summed E-state index contributed by atoms with van der Waals surface area (Å²) in [5, 5.41) is 3.60. The highest BCUT2D eigenvalue weighted by atomic mass is 35.5.